The summed E-state index contributed by atoms with van der Waals surface area (Å²) >= 11 is 0. The molecule has 2 aliphatic rings. The molecule has 4 heterocycles. The molecule has 6 heteroatoms. The monoisotopic (exact) mass is 861 g/mol. The van der Waals surface area contributed by atoms with Gasteiger partial charge in [0.1, 0.15) is 11.6 Å². The number of hydrogen-bond acceptors (Lipinski definition) is 4. The highest BCUT2D eigenvalue weighted by molar-refractivity contribution is 6.22. The molecular formula is C60H55N5O. The van der Waals surface area contributed by atoms with Crippen molar-refractivity contribution >= 4 is 60.7 Å². The highest BCUT2D eigenvalue weighted by atomic mass is 16.3. The van der Waals surface area contributed by atoms with Crippen LogP contribution in [0.25, 0.3) is 88.6 Å². The molecule has 0 atom stereocenters. The molecule has 326 valence electrons. The fourth-order valence-electron chi connectivity index (χ4n) is 11.0. The molecule has 0 unspecified atom stereocenters. The van der Waals surface area contributed by atoms with Gasteiger partial charge in [-0.05, 0) is 102 Å². The van der Waals surface area contributed by atoms with Crippen LogP contribution in [0.2, 0.25) is 0 Å². The fourth-order valence-corrected chi connectivity index (χ4v) is 11.0. The standard InChI is InChI=1S/C60H55N5O/c1-35(2)62-34-63-52-33-45(39-20-13-14-22-42(39)54(52)65-48-24-16-15-21-40(48)43-27-29-51(62)56(63)55(43)65)41-23-17-25-50-53(41)61-58(46-31-38(59(4,5)6)32-47(57(46)66)60(7,8)9)64(50)49-28-26-36(3)30-44(49)37-18-11-10-12-19-37/h10-33,35,66H,34H2,1-9H3. The molecule has 0 spiro atoms. The maximum Gasteiger partial charge on any atom is 0.149 e. The first-order chi connectivity index (χ1) is 31.7. The van der Waals surface area contributed by atoms with Gasteiger partial charge in [-0.2, -0.15) is 0 Å². The van der Waals surface area contributed by atoms with Gasteiger partial charge in [0.05, 0.1) is 62.7 Å². The summed E-state index contributed by atoms with van der Waals surface area (Å²) in [5, 5.41) is 17.5. The SMILES string of the molecule is Cc1ccc(-n2c(-c3cc(C(C)(C)C)cc(C(C)(C)C)c3O)nc3c(-c4cc5c(c6ccccc46)-n4c6ccccc6c6ccc7c(c64)N5CN7C(C)C)cccc32)c(-c2ccccc2)c1. The first-order valence-electron chi connectivity index (χ1n) is 23.4. The van der Waals surface area contributed by atoms with Gasteiger partial charge >= 0.3 is 0 Å². The molecule has 0 radical (unpaired) electrons. The zero-order valence-electron chi connectivity index (χ0n) is 39.3. The van der Waals surface area contributed by atoms with Crippen LogP contribution in [0.5, 0.6) is 5.75 Å². The smallest absolute Gasteiger partial charge is 0.149 e. The van der Waals surface area contributed by atoms with Crippen molar-refractivity contribution in [3.05, 3.63) is 162 Å². The van der Waals surface area contributed by atoms with Crippen molar-refractivity contribution in [1.82, 2.24) is 14.1 Å². The van der Waals surface area contributed by atoms with Crippen molar-refractivity contribution in [2.75, 3.05) is 16.5 Å². The van der Waals surface area contributed by atoms with Crippen LogP contribution in [-0.2, 0) is 10.8 Å². The molecule has 12 rings (SSSR count). The van der Waals surface area contributed by atoms with Gasteiger partial charge in [0.25, 0.3) is 0 Å². The summed E-state index contributed by atoms with van der Waals surface area (Å²) in [6.07, 6.45) is 0. The summed E-state index contributed by atoms with van der Waals surface area (Å²) in [5.41, 5.74) is 18.1. The highest BCUT2D eigenvalue weighted by Crippen LogP contribution is 2.57. The van der Waals surface area contributed by atoms with Crippen molar-refractivity contribution in [2.45, 2.75) is 79.2 Å². The van der Waals surface area contributed by atoms with Crippen LogP contribution >= 0.6 is 0 Å². The minimum absolute atomic E-state index is 0.179. The van der Waals surface area contributed by atoms with Crippen molar-refractivity contribution in [2.24, 2.45) is 0 Å². The summed E-state index contributed by atoms with van der Waals surface area (Å²) in [6, 6.07) is 53.5. The predicted molar refractivity (Wildman–Crippen MR) is 278 cm³/mol. The van der Waals surface area contributed by atoms with Crippen LogP contribution in [-0.4, -0.2) is 31.9 Å². The number of aromatic hydroxyl groups is 1. The number of anilines is 3. The first kappa shape index (κ1) is 40.2. The highest BCUT2D eigenvalue weighted by Gasteiger charge is 2.39. The second-order valence-corrected chi connectivity index (χ2v) is 20.9. The van der Waals surface area contributed by atoms with Gasteiger partial charge in [-0.25, -0.2) is 4.98 Å². The van der Waals surface area contributed by atoms with Crippen LogP contribution < -0.4 is 9.80 Å². The van der Waals surface area contributed by atoms with E-state index in [4.69, 9.17) is 4.98 Å². The Labute approximate surface area is 387 Å². The molecule has 2 aromatic heterocycles. The number of phenolic OH excluding ortho intramolecular Hbond substituents is 1. The lowest BCUT2D eigenvalue weighted by Crippen LogP contribution is -2.34. The van der Waals surface area contributed by atoms with Crippen LogP contribution in [0.1, 0.15) is 72.1 Å². The van der Waals surface area contributed by atoms with Gasteiger partial charge in [0.15, 0.2) is 0 Å². The number of fused-ring (bicyclic) bond motifs is 9. The second kappa shape index (κ2) is 14.1. The molecule has 8 aromatic carbocycles. The van der Waals surface area contributed by atoms with E-state index in [9.17, 15) is 5.11 Å². The minimum Gasteiger partial charge on any atom is -0.507 e. The number of hydrogen-bond donors (Lipinski definition) is 1. The number of nitrogens with zero attached hydrogens (tertiary/aromatic N) is 5. The van der Waals surface area contributed by atoms with Crippen LogP contribution in [0.3, 0.4) is 0 Å². The van der Waals surface area contributed by atoms with E-state index in [1.165, 1.54) is 60.9 Å². The summed E-state index contributed by atoms with van der Waals surface area (Å²) in [7, 11) is 0. The molecule has 10 aromatic rings. The van der Waals surface area contributed by atoms with Crippen molar-refractivity contribution in [1.29, 1.82) is 0 Å². The van der Waals surface area contributed by atoms with Gasteiger partial charge in [-0.3, -0.25) is 4.57 Å². The summed E-state index contributed by atoms with van der Waals surface area (Å²) in [4.78, 5) is 10.9. The molecule has 0 fully saturated rings. The number of benzene rings is 8. The molecule has 0 saturated carbocycles. The Morgan fingerprint density at radius 2 is 1.24 bits per heavy atom. The lowest BCUT2D eigenvalue weighted by atomic mass is 9.79. The van der Waals surface area contributed by atoms with Crippen molar-refractivity contribution < 1.29 is 5.11 Å². The number of rotatable bonds is 5. The van der Waals surface area contributed by atoms with Crippen LogP contribution in [0.4, 0.5) is 17.1 Å². The zero-order valence-corrected chi connectivity index (χ0v) is 39.3. The summed E-state index contributed by atoms with van der Waals surface area (Å²) in [6.45, 7) is 20.8. The molecule has 0 amide bonds. The van der Waals surface area contributed by atoms with E-state index in [0.29, 0.717) is 11.9 Å². The van der Waals surface area contributed by atoms with Crippen molar-refractivity contribution in [3.8, 4) is 50.8 Å². The Bertz CT molecular complexity index is 3650. The molecular weight excluding hydrogens is 807 g/mol. The minimum atomic E-state index is -0.320. The lowest BCUT2D eigenvalue weighted by Gasteiger charge is -2.31. The lowest BCUT2D eigenvalue weighted by molar-refractivity contribution is 0.446. The third-order valence-electron chi connectivity index (χ3n) is 14.3. The number of aromatic nitrogens is 3. The van der Waals surface area contributed by atoms with E-state index >= 15 is 0 Å². The van der Waals surface area contributed by atoms with E-state index in [0.717, 1.165) is 62.3 Å². The third-order valence-corrected chi connectivity index (χ3v) is 14.3. The molecule has 0 aliphatic carbocycles. The normalized spacial score (nSPS) is 13.6. The first-order valence-corrected chi connectivity index (χ1v) is 23.4. The molecule has 1 N–H and O–H groups in total. The predicted octanol–water partition coefficient (Wildman–Crippen LogP) is 15.5. The average Bonchev–Trinajstić information content (AvgIpc) is 3.99. The van der Waals surface area contributed by atoms with E-state index in [2.05, 4.69) is 227 Å². The average molecular weight is 862 g/mol. The Hall–Kier alpha value is -7.31. The maximum absolute atomic E-state index is 12.6. The van der Waals surface area contributed by atoms with E-state index in [1.54, 1.807) is 0 Å². The molecule has 2 aliphatic heterocycles. The zero-order chi connectivity index (χ0) is 45.6. The van der Waals surface area contributed by atoms with Crippen LogP contribution in [0.15, 0.2) is 146 Å². The Morgan fingerprint density at radius 3 is 1.98 bits per heavy atom. The van der Waals surface area contributed by atoms with Gasteiger partial charge in [0.2, 0.25) is 0 Å². The van der Waals surface area contributed by atoms with E-state index in [1.807, 2.05) is 0 Å². The summed E-state index contributed by atoms with van der Waals surface area (Å²) < 4.78 is 4.85. The Balaban J connectivity index is 1.20. The molecule has 66 heavy (non-hydrogen) atoms. The summed E-state index contributed by atoms with van der Waals surface area (Å²) in [5.74, 6) is 0.978. The largest absolute Gasteiger partial charge is 0.507 e. The molecule has 6 nitrogen and oxygen atoms in total. The maximum atomic E-state index is 12.6. The number of para-hydroxylation sites is 2. The van der Waals surface area contributed by atoms with Gasteiger partial charge < -0.3 is 19.5 Å². The number of imidazole rings is 1. The van der Waals surface area contributed by atoms with Crippen molar-refractivity contribution in [3.63, 3.8) is 0 Å². The van der Waals surface area contributed by atoms with Gasteiger partial charge in [-0.1, -0.05) is 144 Å². The molecule has 0 bridgehead atoms. The fraction of sp³-hybridized carbons (Fsp3) is 0.217. The number of phenols is 1. The third kappa shape index (κ3) is 5.76. The molecule has 0 saturated heterocycles. The van der Waals surface area contributed by atoms with E-state index < -0.39 is 0 Å². The quantitative estimate of drug-likeness (QED) is 0.187. The Morgan fingerprint density at radius 1 is 0.545 bits per heavy atom. The number of aryl methyl sites for hydroxylation is 1. The van der Waals surface area contributed by atoms with E-state index in [-0.39, 0.29) is 16.6 Å². The van der Waals surface area contributed by atoms with Gasteiger partial charge in [-0.15, -0.1) is 0 Å². The van der Waals surface area contributed by atoms with Gasteiger partial charge in [0, 0.05) is 38.9 Å². The van der Waals surface area contributed by atoms with Crippen LogP contribution in [0, 0.1) is 6.92 Å². The Kier molecular flexibility index (Phi) is 8.59. The second-order valence-electron chi connectivity index (χ2n) is 20.9. The topological polar surface area (TPSA) is 49.5 Å².